The Hall–Kier alpha value is -1.40. The van der Waals surface area contributed by atoms with Gasteiger partial charge in [0.25, 0.3) is 0 Å². The molecular weight excluding hydrogens is 300 g/mol. The average Bonchev–Trinajstić information content (AvgIpc) is 2.82. The summed E-state index contributed by atoms with van der Waals surface area (Å²) in [5.41, 5.74) is 2.36. The molecule has 6 heteroatoms. The lowest BCUT2D eigenvalue weighted by atomic mass is 10.1. The van der Waals surface area contributed by atoms with E-state index >= 15 is 0 Å². The van der Waals surface area contributed by atoms with Crippen LogP contribution in [0.2, 0.25) is 0 Å². The second-order valence-corrected chi connectivity index (χ2v) is 8.00. The van der Waals surface area contributed by atoms with Crippen LogP contribution in [-0.2, 0) is 21.2 Å². The van der Waals surface area contributed by atoms with Crippen LogP contribution in [0.3, 0.4) is 0 Å². The molecule has 1 atom stereocenters. The van der Waals surface area contributed by atoms with Crippen LogP contribution in [0.25, 0.3) is 0 Å². The average molecular weight is 324 g/mol. The smallest absolute Gasteiger partial charge is 0.236 e. The van der Waals surface area contributed by atoms with Gasteiger partial charge in [0.15, 0.2) is 9.84 Å². The molecule has 1 N–H and O–H groups in total. The Labute approximate surface area is 132 Å². The maximum Gasteiger partial charge on any atom is 0.236 e. The van der Waals surface area contributed by atoms with Crippen LogP contribution in [-0.4, -0.2) is 49.9 Å². The summed E-state index contributed by atoms with van der Waals surface area (Å²) in [6, 6.07) is 7.88. The predicted molar refractivity (Wildman–Crippen MR) is 87.3 cm³/mol. The molecule has 1 aliphatic rings. The Bertz CT molecular complexity index is 628. The van der Waals surface area contributed by atoms with Crippen molar-refractivity contribution in [1.29, 1.82) is 0 Å². The summed E-state index contributed by atoms with van der Waals surface area (Å²) in [7, 11) is -2.97. The molecule has 1 amide bonds. The standard InChI is InChI=1S/C16H24N2O3S/c1-3-18(15-8-9-22(20,21)12-15)16(19)11-17-10-14-7-5-4-6-13(14)2/h4-7,15,17H,3,8-12H2,1-2H3. The summed E-state index contributed by atoms with van der Waals surface area (Å²) in [6.07, 6.45) is 0.555. The number of rotatable bonds is 6. The number of likely N-dealkylation sites (N-methyl/N-ethyl adjacent to an activating group) is 1. The van der Waals surface area contributed by atoms with Gasteiger partial charge in [0.2, 0.25) is 5.91 Å². The molecule has 1 unspecified atom stereocenters. The van der Waals surface area contributed by atoms with Crippen molar-refractivity contribution in [3.63, 3.8) is 0 Å². The zero-order valence-electron chi connectivity index (χ0n) is 13.2. The summed E-state index contributed by atoms with van der Waals surface area (Å²) in [5, 5.41) is 3.16. The Balaban J connectivity index is 1.87. The highest BCUT2D eigenvalue weighted by Gasteiger charge is 2.33. The molecule has 5 nitrogen and oxygen atoms in total. The predicted octanol–water partition coefficient (Wildman–Crippen LogP) is 1.12. The highest BCUT2D eigenvalue weighted by molar-refractivity contribution is 7.91. The third-order valence-electron chi connectivity index (χ3n) is 4.16. The van der Waals surface area contributed by atoms with Gasteiger partial charge in [0.1, 0.15) is 0 Å². The third-order valence-corrected chi connectivity index (χ3v) is 5.91. The van der Waals surface area contributed by atoms with E-state index in [1.54, 1.807) is 4.90 Å². The zero-order chi connectivity index (χ0) is 16.2. The second-order valence-electron chi connectivity index (χ2n) is 5.77. The van der Waals surface area contributed by atoms with Gasteiger partial charge in [0, 0.05) is 19.1 Å². The highest BCUT2D eigenvalue weighted by Crippen LogP contribution is 2.17. The van der Waals surface area contributed by atoms with Crippen LogP contribution < -0.4 is 5.32 Å². The number of amides is 1. The van der Waals surface area contributed by atoms with E-state index < -0.39 is 9.84 Å². The van der Waals surface area contributed by atoms with Gasteiger partial charge in [-0.1, -0.05) is 24.3 Å². The largest absolute Gasteiger partial charge is 0.338 e. The van der Waals surface area contributed by atoms with E-state index in [0.717, 1.165) is 0 Å². The fourth-order valence-corrected chi connectivity index (χ4v) is 4.60. The minimum atomic E-state index is -2.97. The van der Waals surface area contributed by atoms with Crippen LogP contribution in [0, 0.1) is 6.92 Å². The number of hydrogen-bond donors (Lipinski definition) is 1. The quantitative estimate of drug-likeness (QED) is 0.851. The van der Waals surface area contributed by atoms with Crippen molar-refractivity contribution in [3.05, 3.63) is 35.4 Å². The minimum absolute atomic E-state index is 0.0295. The number of benzene rings is 1. The molecule has 0 bridgehead atoms. The summed E-state index contributed by atoms with van der Waals surface area (Å²) in [5.74, 6) is 0.265. The lowest BCUT2D eigenvalue weighted by Crippen LogP contribution is -2.45. The third kappa shape index (κ3) is 4.30. The van der Waals surface area contributed by atoms with Crippen molar-refractivity contribution in [2.45, 2.75) is 32.9 Å². The lowest BCUT2D eigenvalue weighted by Gasteiger charge is -2.27. The Kier molecular flexibility index (Phi) is 5.58. The Morgan fingerprint density at radius 2 is 2.09 bits per heavy atom. The summed E-state index contributed by atoms with van der Waals surface area (Å²) in [4.78, 5) is 14.0. The monoisotopic (exact) mass is 324 g/mol. The fourth-order valence-electron chi connectivity index (χ4n) is 2.87. The van der Waals surface area contributed by atoms with Gasteiger partial charge in [-0.05, 0) is 31.4 Å². The van der Waals surface area contributed by atoms with Crippen LogP contribution in [0.5, 0.6) is 0 Å². The van der Waals surface area contributed by atoms with Crippen molar-refractivity contribution in [1.82, 2.24) is 10.2 Å². The van der Waals surface area contributed by atoms with Crippen molar-refractivity contribution < 1.29 is 13.2 Å². The van der Waals surface area contributed by atoms with Gasteiger partial charge in [-0.2, -0.15) is 0 Å². The number of carbonyl (C=O) groups is 1. The van der Waals surface area contributed by atoms with Gasteiger partial charge in [-0.15, -0.1) is 0 Å². The van der Waals surface area contributed by atoms with Crippen LogP contribution >= 0.6 is 0 Å². The maximum atomic E-state index is 12.3. The first-order chi connectivity index (χ1) is 10.4. The summed E-state index contributed by atoms with van der Waals surface area (Å²) in [6.45, 7) is 5.35. The molecule has 0 spiro atoms. The van der Waals surface area contributed by atoms with Crippen molar-refractivity contribution >= 4 is 15.7 Å². The summed E-state index contributed by atoms with van der Waals surface area (Å²) >= 11 is 0. The zero-order valence-corrected chi connectivity index (χ0v) is 14.0. The number of nitrogens with zero attached hydrogens (tertiary/aromatic N) is 1. The highest BCUT2D eigenvalue weighted by atomic mass is 32.2. The first-order valence-corrected chi connectivity index (χ1v) is 9.50. The first-order valence-electron chi connectivity index (χ1n) is 7.68. The van der Waals surface area contributed by atoms with E-state index in [2.05, 4.69) is 5.32 Å². The first kappa shape index (κ1) is 17.0. The molecule has 0 aromatic heterocycles. The van der Waals surface area contributed by atoms with E-state index in [1.807, 2.05) is 38.1 Å². The molecule has 1 heterocycles. The minimum Gasteiger partial charge on any atom is -0.338 e. The molecule has 122 valence electrons. The number of hydrogen-bond acceptors (Lipinski definition) is 4. The van der Waals surface area contributed by atoms with E-state index in [1.165, 1.54) is 11.1 Å². The number of carbonyl (C=O) groups excluding carboxylic acids is 1. The fraction of sp³-hybridized carbons (Fsp3) is 0.562. The van der Waals surface area contributed by atoms with E-state index in [-0.39, 0.29) is 30.0 Å². The number of sulfone groups is 1. The number of nitrogens with one attached hydrogen (secondary N) is 1. The molecule has 0 saturated carbocycles. The van der Waals surface area contributed by atoms with Crippen LogP contribution in [0.1, 0.15) is 24.5 Å². The SMILES string of the molecule is CCN(C(=O)CNCc1ccccc1C)C1CCS(=O)(=O)C1. The van der Waals surface area contributed by atoms with Crippen molar-refractivity contribution in [2.75, 3.05) is 24.6 Å². The van der Waals surface area contributed by atoms with Gasteiger partial charge in [-0.3, -0.25) is 4.79 Å². The molecule has 1 aromatic rings. The molecule has 1 fully saturated rings. The van der Waals surface area contributed by atoms with Crippen molar-refractivity contribution in [3.8, 4) is 0 Å². The van der Waals surface area contributed by atoms with Crippen LogP contribution in [0.15, 0.2) is 24.3 Å². The Morgan fingerprint density at radius 1 is 1.36 bits per heavy atom. The van der Waals surface area contributed by atoms with Crippen molar-refractivity contribution in [2.24, 2.45) is 0 Å². The molecular formula is C16H24N2O3S. The van der Waals surface area contributed by atoms with Gasteiger partial charge in [0.05, 0.1) is 18.1 Å². The van der Waals surface area contributed by atoms with Gasteiger partial charge < -0.3 is 10.2 Å². The molecule has 1 aromatic carbocycles. The molecule has 0 radical (unpaired) electrons. The maximum absolute atomic E-state index is 12.3. The lowest BCUT2D eigenvalue weighted by molar-refractivity contribution is -0.131. The topological polar surface area (TPSA) is 66.5 Å². The molecule has 1 saturated heterocycles. The van der Waals surface area contributed by atoms with Gasteiger partial charge in [-0.25, -0.2) is 8.42 Å². The molecule has 2 rings (SSSR count). The summed E-state index contributed by atoms with van der Waals surface area (Å²) < 4.78 is 23.1. The van der Waals surface area contributed by atoms with Crippen LogP contribution in [0.4, 0.5) is 0 Å². The van der Waals surface area contributed by atoms with E-state index in [0.29, 0.717) is 19.5 Å². The van der Waals surface area contributed by atoms with E-state index in [9.17, 15) is 13.2 Å². The molecule has 1 aliphatic heterocycles. The number of aryl methyl sites for hydroxylation is 1. The Morgan fingerprint density at radius 3 is 2.68 bits per heavy atom. The second kappa shape index (κ2) is 7.24. The van der Waals surface area contributed by atoms with Gasteiger partial charge >= 0.3 is 0 Å². The normalized spacial score (nSPS) is 20.0. The van der Waals surface area contributed by atoms with E-state index in [4.69, 9.17) is 0 Å². The molecule has 0 aliphatic carbocycles. The molecule has 22 heavy (non-hydrogen) atoms.